The Morgan fingerprint density at radius 1 is 1.28 bits per heavy atom. The van der Waals surface area contributed by atoms with Gasteiger partial charge < -0.3 is 20.6 Å². The smallest absolute Gasteiger partial charge is 0.159 e. The lowest BCUT2D eigenvalue weighted by molar-refractivity contribution is -0.0385. The number of aromatic hydroxyl groups is 1. The summed E-state index contributed by atoms with van der Waals surface area (Å²) in [5.74, 6) is -0.0361. The van der Waals surface area contributed by atoms with E-state index in [4.69, 9.17) is 11.6 Å². The molecule has 1 heterocycles. The zero-order valence-electron chi connectivity index (χ0n) is 9.39. The maximum Gasteiger partial charge on any atom is 0.159 e. The summed E-state index contributed by atoms with van der Waals surface area (Å²) in [5, 5.41) is 34.3. The zero-order valence-corrected chi connectivity index (χ0v) is 10.1. The Morgan fingerprint density at radius 3 is 2.61 bits per heavy atom. The third-order valence-corrected chi connectivity index (χ3v) is 3.81. The lowest BCUT2D eigenvalue weighted by Crippen LogP contribution is -2.40. The summed E-state index contributed by atoms with van der Waals surface area (Å²) in [5.41, 5.74) is -0.523. The summed E-state index contributed by atoms with van der Waals surface area (Å²) < 4.78 is 0. The Labute approximate surface area is 108 Å². The number of phenols is 1. The van der Waals surface area contributed by atoms with Crippen LogP contribution in [0.15, 0.2) is 30.3 Å². The van der Waals surface area contributed by atoms with Gasteiger partial charge in [-0.25, -0.2) is 0 Å². The quantitative estimate of drug-likeness (QED) is 0.593. The minimum atomic E-state index is -1.55. The first-order valence-electron chi connectivity index (χ1n) is 5.56. The first-order valence-corrected chi connectivity index (χ1v) is 6.09. The van der Waals surface area contributed by atoms with Gasteiger partial charge in [-0.15, -0.1) is 11.6 Å². The molecule has 0 fully saturated rings. The molecule has 0 saturated carbocycles. The lowest BCUT2D eigenvalue weighted by Gasteiger charge is -2.25. The van der Waals surface area contributed by atoms with Crippen molar-refractivity contribution < 1.29 is 15.3 Å². The molecule has 0 saturated heterocycles. The van der Waals surface area contributed by atoms with Crippen LogP contribution in [0.4, 0.5) is 5.69 Å². The molecule has 4 nitrogen and oxygen atoms in total. The molecule has 4 N–H and O–H groups in total. The zero-order chi connectivity index (χ0) is 12.9. The second kappa shape index (κ2) is 3.75. The van der Waals surface area contributed by atoms with Crippen LogP contribution in [0.2, 0.25) is 0 Å². The van der Waals surface area contributed by atoms with Crippen molar-refractivity contribution in [2.45, 2.75) is 11.8 Å². The first-order chi connectivity index (χ1) is 8.58. The summed E-state index contributed by atoms with van der Waals surface area (Å²) in [6.07, 6.45) is -1.18. The minimum Gasteiger partial charge on any atom is -0.507 e. The van der Waals surface area contributed by atoms with Crippen LogP contribution in [0.3, 0.4) is 0 Å². The number of aliphatic hydroxyl groups excluding tert-OH is 1. The van der Waals surface area contributed by atoms with E-state index in [1.165, 1.54) is 6.07 Å². The molecule has 2 unspecified atom stereocenters. The van der Waals surface area contributed by atoms with Crippen molar-refractivity contribution in [1.29, 1.82) is 0 Å². The van der Waals surface area contributed by atoms with Crippen molar-refractivity contribution in [2.24, 2.45) is 0 Å². The second-order valence-electron chi connectivity index (χ2n) is 4.47. The number of nitrogens with one attached hydrogen (secondary N) is 1. The summed E-state index contributed by atoms with van der Waals surface area (Å²) in [6, 6.07) is 8.63. The van der Waals surface area contributed by atoms with E-state index in [0.29, 0.717) is 22.0 Å². The molecule has 0 bridgehead atoms. The van der Waals surface area contributed by atoms with Gasteiger partial charge in [0.2, 0.25) is 0 Å². The predicted octanol–water partition coefficient (Wildman–Crippen LogP) is 1.72. The van der Waals surface area contributed by atoms with Crippen LogP contribution in [-0.4, -0.2) is 27.4 Å². The van der Waals surface area contributed by atoms with Gasteiger partial charge in [-0.3, -0.25) is 0 Å². The molecule has 0 amide bonds. The van der Waals surface area contributed by atoms with E-state index in [2.05, 4.69) is 5.32 Å². The van der Waals surface area contributed by atoms with Crippen LogP contribution in [0.5, 0.6) is 5.75 Å². The van der Waals surface area contributed by atoms with Crippen molar-refractivity contribution in [3.05, 3.63) is 35.9 Å². The molecule has 1 aliphatic rings. The number of aliphatic hydroxyl groups is 2. The van der Waals surface area contributed by atoms with Crippen LogP contribution in [0.1, 0.15) is 5.56 Å². The standard InChI is InChI=1S/C13H12ClNO3/c14-6-13(18)11-8-4-2-1-3-7(8)10(16)5-9(11)15-12(13)17/h1-5,12,15-18H,6H2. The van der Waals surface area contributed by atoms with Crippen molar-refractivity contribution in [3.63, 3.8) is 0 Å². The van der Waals surface area contributed by atoms with Crippen molar-refractivity contribution >= 4 is 28.1 Å². The van der Waals surface area contributed by atoms with Gasteiger partial charge >= 0.3 is 0 Å². The van der Waals surface area contributed by atoms with E-state index in [0.717, 1.165) is 0 Å². The molecule has 3 rings (SSSR count). The SMILES string of the molecule is Oc1cc2c(c3ccccc13)C(O)(CCl)C(O)N2. The molecule has 2 aromatic carbocycles. The summed E-state index contributed by atoms with van der Waals surface area (Å²) in [4.78, 5) is 0. The first kappa shape index (κ1) is 11.6. The van der Waals surface area contributed by atoms with Crippen molar-refractivity contribution in [2.75, 3.05) is 11.2 Å². The van der Waals surface area contributed by atoms with Gasteiger partial charge in [-0.05, 0) is 5.39 Å². The Morgan fingerprint density at radius 2 is 1.94 bits per heavy atom. The van der Waals surface area contributed by atoms with E-state index in [9.17, 15) is 15.3 Å². The number of benzene rings is 2. The molecule has 0 aromatic heterocycles. The third kappa shape index (κ3) is 1.34. The lowest BCUT2D eigenvalue weighted by atomic mass is 9.91. The highest BCUT2D eigenvalue weighted by molar-refractivity contribution is 6.19. The average molecular weight is 266 g/mol. The highest BCUT2D eigenvalue weighted by Gasteiger charge is 2.45. The number of phenolic OH excluding ortho intramolecular Hbond substituents is 1. The van der Waals surface area contributed by atoms with Gasteiger partial charge in [-0.1, -0.05) is 24.3 Å². The van der Waals surface area contributed by atoms with Gasteiger partial charge in [0.05, 0.1) is 5.88 Å². The van der Waals surface area contributed by atoms with Crippen LogP contribution in [0.25, 0.3) is 10.8 Å². The monoisotopic (exact) mass is 265 g/mol. The van der Waals surface area contributed by atoms with Gasteiger partial charge in [0, 0.05) is 22.7 Å². The molecule has 2 aromatic rings. The molecule has 0 aliphatic carbocycles. The third-order valence-electron chi connectivity index (χ3n) is 3.40. The summed E-state index contributed by atoms with van der Waals surface area (Å²) in [6.45, 7) is 0. The maximum absolute atomic E-state index is 10.5. The largest absolute Gasteiger partial charge is 0.507 e. The minimum absolute atomic E-state index is 0.0999. The number of fused-ring (bicyclic) bond motifs is 3. The van der Waals surface area contributed by atoms with Gasteiger partial charge in [-0.2, -0.15) is 0 Å². The maximum atomic E-state index is 10.5. The van der Waals surface area contributed by atoms with E-state index in [1.807, 2.05) is 0 Å². The molecule has 5 heteroatoms. The molecule has 0 spiro atoms. The van der Waals surface area contributed by atoms with Crippen LogP contribution >= 0.6 is 11.6 Å². The van der Waals surface area contributed by atoms with E-state index in [-0.39, 0.29) is 11.6 Å². The molecule has 0 radical (unpaired) electrons. The molecule has 18 heavy (non-hydrogen) atoms. The normalized spacial score (nSPS) is 26.1. The Balaban J connectivity index is 2.41. The van der Waals surface area contributed by atoms with Crippen LogP contribution in [-0.2, 0) is 5.60 Å². The number of alkyl halides is 1. The molecular weight excluding hydrogens is 254 g/mol. The fourth-order valence-electron chi connectivity index (χ4n) is 2.48. The Kier molecular flexibility index (Phi) is 2.41. The average Bonchev–Trinajstić information content (AvgIpc) is 2.62. The number of rotatable bonds is 1. The molecular formula is C13H12ClNO3. The second-order valence-corrected chi connectivity index (χ2v) is 4.74. The van der Waals surface area contributed by atoms with Gasteiger partial charge in [0.1, 0.15) is 11.4 Å². The molecule has 94 valence electrons. The van der Waals surface area contributed by atoms with Crippen molar-refractivity contribution in [3.8, 4) is 5.75 Å². The predicted molar refractivity (Wildman–Crippen MR) is 69.9 cm³/mol. The number of anilines is 1. The number of hydrogen-bond donors (Lipinski definition) is 4. The van der Waals surface area contributed by atoms with E-state index < -0.39 is 11.8 Å². The van der Waals surface area contributed by atoms with Crippen LogP contribution in [0, 0.1) is 0 Å². The number of halogens is 1. The fourth-order valence-corrected chi connectivity index (χ4v) is 2.76. The Bertz CT molecular complexity index is 631. The van der Waals surface area contributed by atoms with Crippen LogP contribution < -0.4 is 5.32 Å². The fraction of sp³-hybridized carbons (Fsp3) is 0.231. The molecule has 2 atom stereocenters. The highest BCUT2D eigenvalue weighted by Crippen LogP contribution is 2.46. The highest BCUT2D eigenvalue weighted by atomic mass is 35.5. The van der Waals surface area contributed by atoms with Gasteiger partial charge in [0.25, 0.3) is 0 Å². The number of hydrogen-bond acceptors (Lipinski definition) is 4. The van der Waals surface area contributed by atoms with Gasteiger partial charge in [0.15, 0.2) is 6.23 Å². The topological polar surface area (TPSA) is 72.7 Å². The molecule has 1 aliphatic heterocycles. The van der Waals surface area contributed by atoms with E-state index in [1.54, 1.807) is 24.3 Å². The summed E-state index contributed by atoms with van der Waals surface area (Å²) in [7, 11) is 0. The summed E-state index contributed by atoms with van der Waals surface area (Å²) >= 11 is 5.80. The van der Waals surface area contributed by atoms with Crippen molar-refractivity contribution in [1.82, 2.24) is 0 Å². The Hall–Kier alpha value is -1.49. The van der Waals surface area contributed by atoms with E-state index >= 15 is 0 Å².